The van der Waals surface area contributed by atoms with E-state index >= 15 is 0 Å². The maximum atomic E-state index is 6.30. The van der Waals surface area contributed by atoms with Crippen molar-refractivity contribution in [2.24, 2.45) is 0 Å². The van der Waals surface area contributed by atoms with Gasteiger partial charge in [-0.2, -0.15) is 0 Å². The monoisotopic (exact) mass is 326 g/mol. The van der Waals surface area contributed by atoms with Crippen LogP contribution < -0.4 is 15.5 Å². The number of halogens is 1. The van der Waals surface area contributed by atoms with Crippen LogP contribution in [0.15, 0.2) is 12.1 Å². The van der Waals surface area contributed by atoms with Gasteiger partial charge in [0.15, 0.2) is 5.11 Å². The van der Waals surface area contributed by atoms with Crippen LogP contribution in [0.25, 0.3) is 0 Å². The first-order valence-corrected chi connectivity index (χ1v) is 8.46. The summed E-state index contributed by atoms with van der Waals surface area (Å²) >= 11 is 11.7. The smallest absolute Gasteiger partial charge is 0.171 e. The molecule has 0 aliphatic carbocycles. The van der Waals surface area contributed by atoms with Gasteiger partial charge in [-0.05, 0) is 50.2 Å². The molecular formula is C16H25ClN3S+. The number of hydrogen-bond acceptors (Lipinski definition) is 1. The molecule has 3 nitrogen and oxygen atoms in total. The lowest BCUT2D eigenvalue weighted by Crippen LogP contribution is -3.14. The largest absolute Gasteiger partial charge is 0.356 e. The lowest BCUT2D eigenvalue weighted by atomic mass is 10.1. The predicted octanol–water partition coefficient (Wildman–Crippen LogP) is 2.31. The van der Waals surface area contributed by atoms with Gasteiger partial charge in [-0.1, -0.05) is 17.7 Å². The molecule has 2 atom stereocenters. The SMILES string of the molecule is CC[NH+]1CCC[C@@H]1CNC(=S)Nc1c(C)cc(C)cc1Cl. The molecule has 5 heteroatoms. The van der Waals surface area contributed by atoms with E-state index in [0.717, 1.165) is 28.4 Å². The molecule has 1 aromatic carbocycles. The first-order valence-electron chi connectivity index (χ1n) is 7.67. The predicted molar refractivity (Wildman–Crippen MR) is 94.5 cm³/mol. The van der Waals surface area contributed by atoms with E-state index < -0.39 is 0 Å². The molecule has 2 rings (SSSR count). The van der Waals surface area contributed by atoms with Gasteiger partial charge in [-0.3, -0.25) is 0 Å². The quantitative estimate of drug-likeness (QED) is 0.742. The summed E-state index contributed by atoms with van der Waals surface area (Å²) in [6.45, 7) is 9.74. The summed E-state index contributed by atoms with van der Waals surface area (Å²) in [4.78, 5) is 1.68. The zero-order valence-electron chi connectivity index (χ0n) is 13.1. The number of aryl methyl sites for hydroxylation is 2. The topological polar surface area (TPSA) is 28.5 Å². The molecule has 0 bridgehead atoms. The van der Waals surface area contributed by atoms with Crippen LogP contribution in [-0.4, -0.2) is 30.8 Å². The number of quaternary nitrogens is 1. The fraction of sp³-hybridized carbons (Fsp3) is 0.562. The molecule has 0 aromatic heterocycles. The fourth-order valence-corrected chi connectivity index (χ4v) is 3.70. The summed E-state index contributed by atoms with van der Waals surface area (Å²) < 4.78 is 0. The molecule has 1 heterocycles. The Bertz CT molecular complexity index is 495. The molecule has 0 amide bonds. The molecular weight excluding hydrogens is 302 g/mol. The highest BCUT2D eigenvalue weighted by Crippen LogP contribution is 2.27. The maximum absolute atomic E-state index is 6.30. The number of likely N-dealkylation sites (N-methyl/N-ethyl adjacent to an activating group) is 1. The number of benzene rings is 1. The van der Waals surface area contributed by atoms with E-state index in [4.69, 9.17) is 23.8 Å². The average molecular weight is 327 g/mol. The van der Waals surface area contributed by atoms with Crippen molar-refractivity contribution in [3.8, 4) is 0 Å². The fourth-order valence-electron chi connectivity index (χ4n) is 3.14. The van der Waals surface area contributed by atoms with Gasteiger partial charge in [0.2, 0.25) is 0 Å². The summed E-state index contributed by atoms with van der Waals surface area (Å²) in [6, 6.07) is 4.74. The van der Waals surface area contributed by atoms with E-state index in [1.165, 1.54) is 25.9 Å². The van der Waals surface area contributed by atoms with Gasteiger partial charge in [0, 0.05) is 12.8 Å². The zero-order chi connectivity index (χ0) is 15.4. The van der Waals surface area contributed by atoms with E-state index in [9.17, 15) is 0 Å². The van der Waals surface area contributed by atoms with E-state index in [-0.39, 0.29) is 0 Å². The second kappa shape index (κ2) is 7.43. The summed E-state index contributed by atoms with van der Waals surface area (Å²) in [5.41, 5.74) is 3.19. The molecule has 116 valence electrons. The Balaban J connectivity index is 1.90. The molecule has 21 heavy (non-hydrogen) atoms. The Morgan fingerprint density at radius 1 is 1.43 bits per heavy atom. The molecule has 0 spiro atoms. The highest BCUT2D eigenvalue weighted by molar-refractivity contribution is 7.80. The van der Waals surface area contributed by atoms with Gasteiger partial charge in [0.25, 0.3) is 0 Å². The molecule has 1 aliphatic heterocycles. The van der Waals surface area contributed by atoms with Crippen LogP contribution in [0.5, 0.6) is 0 Å². The minimum Gasteiger partial charge on any atom is -0.356 e. The second-order valence-corrected chi connectivity index (χ2v) is 6.69. The third kappa shape index (κ3) is 4.31. The number of nitrogens with one attached hydrogen (secondary N) is 3. The van der Waals surface area contributed by atoms with Crippen molar-refractivity contribution in [1.82, 2.24) is 5.32 Å². The van der Waals surface area contributed by atoms with Crippen molar-refractivity contribution < 1.29 is 4.90 Å². The minimum absolute atomic E-state index is 0.659. The van der Waals surface area contributed by atoms with E-state index in [1.807, 2.05) is 19.9 Å². The number of rotatable bonds is 4. The molecule has 0 radical (unpaired) electrons. The molecule has 3 N–H and O–H groups in total. The number of hydrogen-bond donors (Lipinski definition) is 3. The van der Waals surface area contributed by atoms with Gasteiger partial charge in [-0.25, -0.2) is 0 Å². The average Bonchev–Trinajstić information content (AvgIpc) is 2.88. The van der Waals surface area contributed by atoms with Crippen molar-refractivity contribution in [2.45, 2.75) is 39.7 Å². The zero-order valence-corrected chi connectivity index (χ0v) is 14.6. The van der Waals surface area contributed by atoms with Gasteiger partial charge in [-0.15, -0.1) is 0 Å². The summed E-state index contributed by atoms with van der Waals surface area (Å²) in [5, 5.41) is 7.97. The van der Waals surface area contributed by atoms with Crippen molar-refractivity contribution in [3.05, 3.63) is 28.3 Å². The van der Waals surface area contributed by atoms with Gasteiger partial charge < -0.3 is 15.5 Å². The number of anilines is 1. The van der Waals surface area contributed by atoms with Crippen LogP contribution >= 0.6 is 23.8 Å². The van der Waals surface area contributed by atoms with Crippen molar-refractivity contribution in [2.75, 3.05) is 25.0 Å². The Morgan fingerprint density at radius 3 is 2.86 bits per heavy atom. The molecule has 1 aliphatic rings. The highest BCUT2D eigenvalue weighted by atomic mass is 35.5. The third-order valence-electron chi connectivity index (χ3n) is 4.26. The lowest BCUT2D eigenvalue weighted by Gasteiger charge is -2.21. The Labute approximate surface area is 138 Å². The van der Waals surface area contributed by atoms with Crippen molar-refractivity contribution in [1.29, 1.82) is 0 Å². The Hall–Kier alpha value is -0.840. The Morgan fingerprint density at radius 2 is 2.19 bits per heavy atom. The Kier molecular flexibility index (Phi) is 5.85. The summed E-state index contributed by atoms with van der Waals surface area (Å²) in [6.07, 6.45) is 2.60. The van der Waals surface area contributed by atoms with Crippen LogP contribution in [-0.2, 0) is 0 Å². The van der Waals surface area contributed by atoms with E-state index in [1.54, 1.807) is 4.90 Å². The van der Waals surface area contributed by atoms with Crippen molar-refractivity contribution in [3.63, 3.8) is 0 Å². The van der Waals surface area contributed by atoms with Crippen LogP contribution in [0.2, 0.25) is 5.02 Å². The molecule has 0 saturated carbocycles. The van der Waals surface area contributed by atoms with Gasteiger partial charge in [0.1, 0.15) is 6.04 Å². The lowest BCUT2D eigenvalue weighted by molar-refractivity contribution is -0.909. The van der Waals surface area contributed by atoms with Crippen LogP contribution in [0.3, 0.4) is 0 Å². The first-order chi connectivity index (χ1) is 10.0. The second-order valence-electron chi connectivity index (χ2n) is 5.87. The van der Waals surface area contributed by atoms with Crippen LogP contribution in [0.1, 0.15) is 30.9 Å². The molecule has 1 aromatic rings. The maximum Gasteiger partial charge on any atom is 0.171 e. The van der Waals surface area contributed by atoms with Gasteiger partial charge >= 0.3 is 0 Å². The molecule has 1 fully saturated rings. The standard InChI is InChI=1S/C16H24ClN3S/c1-4-20-7-5-6-13(20)10-18-16(21)19-15-12(3)8-11(2)9-14(15)17/h8-9,13H,4-7,10H2,1-3H3,(H2,18,19,21)/p+1/t13-/m1/s1. The van der Waals surface area contributed by atoms with Gasteiger partial charge in [0.05, 0.1) is 30.3 Å². The molecule has 1 unspecified atom stereocenters. The third-order valence-corrected chi connectivity index (χ3v) is 4.81. The molecule has 1 saturated heterocycles. The van der Waals surface area contributed by atoms with Crippen LogP contribution in [0, 0.1) is 13.8 Å². The highest BCUT2D eigenvalue weighted by Gasteiger charge is 2.26. The normalized spacial score (nSPS) is 21.3. The van der Waals surface area contributed by atoms with Crippen molar-refractivity contribution >= 4 is 34.6 Å². The first kappa shape index (κ1) is 16.5. The minimum atomic E-state index is 0.659. The van der Waals surface area contributed by atoms with Crippen LogP contribution in [0.4, 0.5) is 5.69 Å². The number of likely N-dealkylation sites (tertiary alicyclic amines) is 1. The summed E-state index contributed by atoms with van der Waals surface area (Å²) in [5.74, 6) is 0. The number of thiocarbonyl (C=S) groups is 1. The van der Waals surface area contributed by atoms with E-state index in [2.05, 4.69) is 23.6 Å². The summed E-state index contributed by atoms with van der Waals surface area (Å²) in [7, 11) is 0. The van der Waals surface area contributed by atoms with E-state index in [0.29, 0.717) is 11.2 Å².